The fourth-order valence-corrected chi connectivity index (χ4v) is 10.6. The van der Waals surface area contributed by atoms with Gasteiger partial charge in [-0.15, -0.1) is 0 Å². The molecule has 13 rings (SSSR count). The highest BCUT2D eigenvalue weighted by molar-refractivity contribution is 6.28. The van der Waals surface area contributed by atoms with E-state index in [4.69, 9.17) is 0 Å². The van der Waals surface area contributed by atoms with E-state index < -0.39 is 0 Å². The van der Waals surface area contributed by atoms with Crippen molar-refractivity contribution in [1.29, 1.82) is 0 Å². The van der Waals surface area contributed by atoms with Crippen molar-refractivity contribution in [1.82, 2.24) is 4.57 Å². The topological polar surface area (TPSA) is 8.17 Å². The van der Waals surface area contributed by atoms with Crippen molar-refractivity contribution in [3.8, 4) is 50.2 Å². The van der Waals surface area contributed by atoms with Crippen molar-refractivity contribution >= 4 is 71.2 Å². The molecule has 2 heteroatoms. The molecule has 0 N–H and O–H groups in total. The second kappa shape index (κ2) is 15.5. The van der Waals surface area contributed by atoms with E-state index in [1.807, 2.05) is 0 Å². The number of benzene rings is 12. The van der Waals surface area contributed by atoms with E-state index >= 15 is 0 Å². The van der Waals surface area contributed by atoms with Crippen LogP contribution in [0, 0.1) is 0 Å². The molecule has 0 fully saturated rings. The lowest BCUT2D eigenvalue weighted by Gasteiger charge is -2.33. The van der Waals surface area contributed by atoms with E-state index in [-0.39, 0.29) is 0 Å². The van der Waals surface area contributed by atoms with Crippen LogP contribution in [0.25, 0.3) is 104 Å². The van der Waals surface area contributed by atoms with Crippen LogP contribution in [0.1, 0.15) is 0 Å². The Kier molecular flexibility index (Phi) is 8.89. The first-order chi connectivity index (χ1) is 32.8. The van der Waals surface area contributed by atoms with Gasteiger partial charge >= 0.3 is 0 Å². The summed E-state index contributed by atoms with van der Waals surface area (Å²) in [6, 6.07) is 93.4. The molecular weight excluding hydrogens is 797 g/mol. The Hall–Kier alpha value is -8.72. The van der Waals surface area contributed by atoms with Crippen molar-refractivity contribution in [2.75, 3.05) is 4.90 Å². The fourth-order valence-electron chi connectivity index (χ4n) is 10.6. The van der Waals surface area contributed by atoms with Gasteiger partial charge in [0.1, 0.15) is 0 Å². The first-order valence-corrected chi connectivity index (χ1v) is 22.8. The minimum atomic E-state index is 1.10. The molecule has 0 saturated heterocycles. The summed E-state index contributed by atoms with van der Waals surface area (Å²) >= 11 is 0. The van der Waals surface area contributed by atoms with Crippen LogP contribution in [0.2, 0.25) is 0 Å². The number of fused-ring (bicyclic) bond motifs is 3. The summed E-state index contributed by atoms with van der Waals surface area (Å²) in [5.74, 6) is 0. The smallest absolute Gasteiger partial charge is 0.0618 e. The molecule has 0 aliphatic carbocycles. The molecule has 0 bridgehead atoms. The van der Waals surface area contributed by atoms with E-state index in [0.29, 0.717) is 0 Å². The van der Waals surface area contributed by atoms with E-state index in [9.17, 15) is 0 Å². The van der Waals surface area contributed by atoms with Gasteiger partial charge in [0, 0.05) is 38.2 Å². The van der Waals surface area contributed by atoms with Crippen LogP contribution >= 0.6 is 0 Å². The minimum absolute atomic E-state index is 1.10. The molecule has 0 amide bonds. The molecule has 12 aromatic carbocycles. The van der Waals surface area contributed by atoms with Crippen molar-refractivity contribution < 1.29 is 0 Å². The Balaban J connectivity index is 1.11. The van der Waals surface area contributed by atoms with Crippen LogP contribution in [-0.2, 0) is 0 Å². The Labute approximate surface area is 383 Å². The molecule has 308 valence electrons. The molecule has 0 unspecified atom stereocenters. The van der Waals surface area contributed by atoms with Crippen LogP contribution in [0.5, 0.6) is 0 Å². The molecule has 0 radical (unpaired) electrons. The molecule has 0 aliphatic rings. The normalized spacial score (nSPS) is 11.6. The SMILES string of the molecule is c1ccc(-c2ccc(-c3ccccc3N(c3c(-c4ccccc4)cccc3-c3ccccc3)c3ccc4ccc5c(-n6c7ccccc7c7ccccc76)ccc6ccc3c4c65)cc2)cc1. The Bertz CT molecular complexity index is 3790. The van der Waals surface area contributed by atoms with Crippen molar-refractivity contribution in [3.05, 3.63) is 255 Å². The van der Waals surface area contributed by atoms with Gasteiger partial charge in [-0.2, -0.15) is 0 Å². The maximum absolute atomic E-state index is 2.56. The van der Waals surface area contributed by atoms with Gasteiger partial charge in [-0.05, 0) is 79.7 Å². The number of anilines is 3. The lowest BCUT2D eigenvalue weighted by Crippen LogP contribution is -2.14. The largest absolute Gasteiger partial charge is 0.309 e. The average molecular weight is 839 g/mol. The van der Waals surface area contributed by atoms with Gasteiger partial charge in [-0.1, -0.05) is 224 Å². The molecule has 0 saturated carbocycles. The third-order valence-electron chi connectivity index (χ3n) is 13.6. The van der Waals surface area contributed by atoms with E-state index in [1.165, 1.54) is 70.9 Å². The zero-order chi connectivity index (χ0) is 43.6. The lowest BCUT2D eigenvalue weighted by molar-refractivity contribution is 1.20. The Morgan fingerprint density at radius 1 is 0.258 bits per heavy atom. The lowest BCUT2D eigenvalue weighted by atomic mass is 9.90. The number of nitrogens with zero attached hydrogens (tertiary/aromatic N) is 2. The van der Waals surface area contributed by atoms with Crippen LogP contribution in [0.3, 0.4) is 0 Å². The molecule has 13 aromatic rings. The Morgan fingerprint density at radius 3 is 1.33 bits per heavy atom. The maximum Gasteiger partial charge on any atom is 0.0618 e. The second-order valence-corrected chi connectivity index (χ2v) is 17.2. The monoisotopic (exact) mass is 838 g/mol. The molecule has 1 aromatic heterocycles. The zero-order valence-electron chi connectivity index (χ0n) is 36.1. The summed E-state index contributed by atoms with van der Waals surface area (Å²) < 4.78 is 2.46. The molecule has 2 nitrogen and oxygen atoms in total. The molecule has 66 heavy (non-hydrogen) atoms. The highest BCUT2D eigenvalue weighted by Gasteiger charge is 2.27. The maximum atomic E-state index is 2.56. The molecule has 0 atom stereocenters. The average Bonchev–Trinajstić information content (AvgIpc) is 3.73. The highest BCUT2D eigenvalue weighted by Crippen LogP contribution is 2.52. The highest BCUT2D eigenvalue weighted by atomic mass is 15.2. The predicted molar refractivity (Wildman–Crippen MR) is 281 cm³/mol. The van der Waals surface area contributed by atoms with Crippen LogP contribution in [0.15, 0.2) is 255 Å². The molecule has 1 heterocycles. The summed E-state index contributed by atoms with van der Waals surface area (Å²) in [7, 11) is 0. The van der Waals surface area contributed by atoms with Crippen molar-refractivity contribution in [3.63, 3.8) is 0 Å². The number of para-hydroxylation sites is 4. The van der Waals surface area contributed by atoms with Crippen LogP contribution in [0.4, 0.5) is 17.1 Å². The minimum Gasteiger partial charge on any atom is -0.309 e. The number of aromatic nitrogens is 1. The third-order valence-corrected chi connectivity index (χ3v) is 13.6. The number of hydrogen-bond acceptors (Lipinski definition) is 1. The van der Waals surface area contributed by atoms with Gasteiger partial charge in [-0.25, -0.2) is 0 Å². The van der Waals surface area contributed by atoms with Crippen molar-refractivity contribution in [2.45, 2.75) is 0 Å². The Morgan fingerprint density at radius 2 is 0.697 bits per heavy atom. The van der Waals surface area contributed by atoms with E-state index in [2.05, 4.69) is 264 Å². The van der Waals surface area contributed by atoms with E-state index in [1.54, 1.807) is 0 Å². The standard InChI is InChI=1S/C64H42N2/c1-4-17-43(18-5-1)44-31-33-47(34-32-44)50-23-10-13-28-57(50)66(64-51(45-19-6-2-7-20-45)26-16-27-52(64)46-21-8-3-9-22-46)61-42-38-49-35-39-55-60(41-37-48-36-40-56(61)63(49)62(48)55)65-58-29-14-11-24-53(58)54-25-12-15-30-59(54)65/h1-42H. The second-order valence-electron chi connectivity index (χ2n) is 17.2. The van der Waals surface area contributed by atoms with Gasteiger partial charge in [0.25, 0.3) is 0 Å². The van der Waals surface area contributed by atoms with E-state index in [0.717, 1.165) is 50.4 Å². The first kappa shape index (κ1) is 37.8. The van der Waals surface area contributed by atoms with Gasteiger partial charge in [0.15, 0.2) is 0 Å². The zero-order valence-corrected chi connectivity index (χ0v) is 36.1. The molecule has 0 aliphatic heterocycles. The fraction of sp³-hybridized carbons (Fsp3) is 0. The third kappa shape index (κ3) is 6.04. The summed E-state index contributed by atoms with van der Waals surface area (Å²) in [6.45, 7) is 0. The first-order valence-electron chi connectivity index (χ1n) is 22.8. The van der Waals surface area contributed by atoms with Crippen molar-refractivity contribution in [2.24, 2.45) is 0 Å². The summed E-state index contributed by atoms with van der Waals surface area (Å²) in [6.07, 6.45) is 0. The summed E-state index contributed by atoms with van der Waals surface area (Å²) in [5.41, 5.74) is 16.3. The predicted octanol–water partition coefficient (Wildman–Crippen LogP) is 17.8. The van der Waals surface area contributed by atoms with Gasteiger partial charge in [0.2, 0.25) is 0 Å². The summed E-state index contributed by atoms with van der Waals surface area (Å²) in [4.78, 5) is 2.56. The summed E-state index contributed by atoms with van der Waals surface area (Å²) in [5, 5.41) is 9.93. The number of rotatable bonds is 8. The van der Waals surface area contributed by atoms with Gasteiger partial charge in [0.05, 0.1) is 33.8 Å². The molecule has 0 spiro atoms. The van der Waals surface area contributed by atoms with Crippen LogP contribution < -0.4 is 4.90 Å². The quantitative estimate of drug-likeness (QED) is 0.138. The van der Waals surface area contributed by atoms with Gasteiger partial charge < -0.3 is 9.47 Å². The number of hydrogen-bond donors (Lipinski definition) is 0. The van der Waals surface area contributed by atoms with Gasteiger partial charge in [-0.3, -0.25) is 0 Å². The van der Waals surface area contributed by atoms with Crippen LogP contribution in [-0.4, -0.2) is 4.57 Å². The molecular formula is C64H42N2.